The number of likely N-dealkylation sites (N-methyl/N-ethyl adjacent to an activating group) is 2. The van der Waals surface area contributed by atoms with Gasteiger partial charge in [0.05, 0.1) is 23.2 Å². The normalized spacial score (nSPS) is 13.9. The summed E-state index contributed by atoms with van der Waals surface area (Å²) in [6, 6.07) is 28.5. The second-order valence-corrected chi connectivity index (χ2v) is 17.3. The molecule has 0 saturated carbocycles. The van der Waals surface area contributed by atoms with Gasteiger partial charge >= 0.3 is 0 Å². The van der Waals surface area contributed by atoms with Crippen molar-refractivity contribution in [3.05, 3.63) is 142 Å². The van der Waals surface area contributed by atoms with E-state index in [-0.39, 0.29) is 11.6 Å². The summed E-state index contributed by atoms with van der Waals surface area (Å²) in [5.41, 5.74) is 0.553. The Labute approximate surface area is 333 Å². The first kappa shape index (κ1) is 44.1. The number of Topliss-reactive ketones (excluding diaryl/α,β-unsaturated/α-hetero) is 4. The monoisotopic (exact) mass is 761 g/mol. The van der Waals surface area contributed by atoms with E-state index in [0.717, 1.165) is 22.3 Å². The molecule has 0 saturated heterocycles. The largest absolute Gasteiger partial charge is 0.382 e. The van der Waals surface area contributed by atoms with Crippen LogP contribution in [0.5, 0.6) is 0 Å². The lowest BCUT2D eigenvalue weighted by molar-refractivity contribution is 0.0487. The van der Waals surface area contributed by atoms with Crippen LogP contribution in [-0.2, 0) is 0 Å². The van der Waals surface area contributed by atoms with Gasteiger partial charge in [-0.25, -0.2) is 0 Å². The Morgan fingerprint density at radius 2 is 0.732 bits per heavy atom. The minimum absolute atomic E-state index is 0.0216. The number of benzene rings is 4. The molecule has 4 aromatic carbocycles. The topological polar surface area (TPSA) is 118 Å². The summed E-state index contributed by atoms with van der Waals surface area (Å²) < 4.78 is 0. The Kier molecular flexibility index (Phi) is 12.9. The predicted molar refractivity (Wildman–Crippen MR) is 223 cm³/mol. The number of aliphatic hydroxyl groups is 2. The van der Waals surface area contributed by atoms with Crippen molar-refractivity contribution in [1.82, 2.24) is 14.7 Å². The van der Waals surface area contributed by atoms with E-state index < -0.39 is 45.9 Å². The molecule has 2 N–H and O–H groups in total. The van der Waals surface area contributed by atoms with Gasteiger partial charge in [0.2, 0.25) is 0 Å². The van der Waals surface area contributed by atoms with Crippen molar-refractivity contribution < 1.29 is 29.4 Å². The maximum absolute atomic E-state index is 13.6. The summed E-state index contributed by atoms with van der Waals surface area (Å²) in [4.78, 5) is 59.5. The Morgan fingerprint density at radius 1 is 0.429 bits per heavy atom. The standard InChI is InChI=1S/C47H59N3O6/c1-44(2,48(9)10)40(51)33-23-17-30(18-24-33)38(31-21-27-35(28-22-31)42(53)46(5,6)55)50(13)39(36-15-14-16-37(29-36)43(54)47(7,8)56)32-19-25-34(26-20-32)41(52)45(3,4)49(11)12/h14-29,38-39,55-56H,1-13H3. The molecule has 0 aliphatic heterocycles. The van der Waals surface area contributed by atoms with Gasteiger partial charge in [-0.05, 0) is 119 Å². The average Bonchev–Trinajstić information content (AvgIpc) is 3.14. The number of hydrogen-bond acceptors (Lipinski definition) is 9. The molecule has 9 nitrogen and oxygen atoms in total. The van der Waals surface area contributed by atoms with Gasteiger partial charge in [-0.15, -0.1) is 0 Å². The minimum Gasteiger partial charge on any atom is -0.382 e. The summed E-state index contributed by atoms with van der Waals surface area (Å²) >= 11 is 0. The van der Waals surface area contributed by atoms with Crippen molar-refractivity contribution in [2.75, 3.05) is 35.2 Å². The van der Waals surface area contributed by atoms with Gasteiger partial charge in [0.25, 0.3) is 0 Å². The van der Waals surface area contributed by atoms with Gasteiger partial charge < -0.3 is 10.2 Å². The minimum atomic E-state index is -1.59. The Balaban J connectivity index is 1.95. The van der Waals surface area contributed by atoms with E-state index >= 15 is 0 Å². The molecule has 0 bridgehead atoms. The molecular formula is C47H59N3O6. The highest BCUT2D eigenvalue weighted by Crippen LogP contribution is 2.39. The van der Waals surface area contributed by atoms with E-state index in [1.54, 1.807) is 30.3 Å². The van der Waals surface area contributed by atoms with Crippen LogP contribution in [0, 0.1) is 0 Å². The molecule has 0 spiro atoms. The zero-order valence-electron chi connectivity index (χ0n) is 35.3. The van der Waals surface area contributed by atoms with E-state index in [1.165, 1.54) is 27.7 Å². The Hall–Kier alpha value is -4.64. The number of carbonyl (C=O) groups is 4. The van der Waals surface area contributed by atoms with Crippen LogP contribution < -0.4 is 0 Å². The molecule has 9 heteroatoms. The molecule has 0 aromatic heterocycles. The average molecular weight is 762 g/mol. The van der Waals surface area contributed by atoms with Crippen LogP contribution in [0.2, 0.25) is 0 Å². The first-order valence-corrected chi connectivity index (χ1v) is 18.9. The van der Waals surface area contributed by atoms with E-state index in [4.69, 9.17) is 0 Å². The third-order valence-electron chi connectivity index (χ3n) is 11.2. The van der Waals surface area contributed by atoms with Crippen molar-refractivity contribution >= 4 is 23.1 Å². The first-order chi connectivity index (χ1) is 25.8. The molecule has 298 valence electrons. The SMILES string of the molecule is CN(C(c1ccc(C(=O)C(C)(C)O)cc1)c1ccc(C(=O)C(C)(C)N(C)C)cc1)C(c1ccc(C(=O)C(C)(C)N(C)C)cc1)c1cccc(C(=O)C(C)(C)O)c1. The molecule has 0 heterocycles. The van der Waals surface area contributed by atoms with Crippen LogP contribution in [-0.4, -0.2) is 106 Å². The van der Waals surface area contributed by atoms with Gasteiger partial charge in [0.1, 0.15) is 11.2 Å². The van der Waals surface area contributed by atoms with Crippen molar-refractivity contribution in [2.45, 2.75) is 89.8 Å². The molecule has 0 aliphatic rings. The van der Waals surface area contributed by atoms with Crippen LogP contribution in [0.1, 0.15) is 131 Å². The fraction of sp³-hybridized carbons (Fsp3) is 0.404. The number of nitrogens with zero attached hydrogens (tertiary/aromatic N) is 3. The summed E-state index contributed by atoms with van der Waals surface area (Å²) in [7, 11) is 9.47. The molecule has 2 atom stereocenters. The maximum Gasteiger partial charge on any atom is 0.193 e. The van der Waals surface area contributed by atoms with Gasteiger partial charge in [-0.1, -0.05) is 91.0 Å². The van der Waals surface area contributed by atoms with Crippen molar-refractivity contribution in [2.24, 2.45) is 0 Å². The summed E-state index contributed by atoms with van der Waals surface area (Å²) in [5.74, 6) is -0.871. The van der Waals surface area contributed by atoms with Gasteiger partial charge in [0.15, 0.2) is 23.1 Å². The third kappa shape index (κ3) is 9.31. The highest BCUT2D eigenvalue weighted by Gasteiger charge is 2.35. The van der Waals surface area contributed by atoms with Gasteiger partial charge in [-0.2, -0.15) is 0 Å². The highest BCUT2D eigenvalue weighted by molar-refractivity contribution is 6.04. The van der Waals surface area contributed by atoms with Crippen molar-refractivity contribution in [3.8, 4) is 0 Å². The molecular weight excluding hydrogens is 703 g/mol. The molecule has 2 unspecified atom stereocenters. The van der Waals surface area contributed by atoms with Crippen LogP contribution in [0.4, 0.5) is 0 Å². The zero-order valence-corrected chi connectivity index (χ0v) is 35.3. The van der Waals surface area contributed by atoms with Crippen LogP contribution in [0.15, 0.2) is 97.1 Å². The lowest BCUT2D eigenvalue weighted by Gasteiger charge is -2.37. The zero-order chi connectivity index (χ0) is 42.1. The van der Waals surface area contributed by atoms with Crippen LogP contribution in [0.25, 0.3) is 0 Å². The van der Waals surface area contributed by atoms with Gasteiger partial charge in [0, 0.05) is 22.3 Å². The van der Waals surface area contributed by atoms with E-state index in [2.05, 4.69) is 4.90 Å². The van der Waals surface area contributed by atoms with E-state index in [0.29, 0.717) is 22.3 Å². The summed E-state index contributed by atoms with van der Waals surface area (Å²) in [6.45, 7) is 13.4. The molecule has 0 amide bonds. The third-order valence-corrected chi connectivity index (χ3v) is 11.2. The number of rotatable bonds is 16. The van der Waals surface area contributed by atoms with Crippen LogP contribution >= 0.6 is 0 Å². The van der Waals surface area contributed by atoms with E-state index in [1.807, 2.05) is 139 Å². The van der Waals surface area contributed by atoms with Crippen molar-refractivity contribution in [1.29, 1.82) is 0 Å². The molecule has 0 fully saturated rings. The summed E-state index contributed by atoms with van der Waals surface area (Å²) in [5, 5.41) is 21.1. The quantitative estimate of drug-likeness (QED) is 0.112. The molecule has 4 aromatic rings. The smallest absolute Gasteiger partial charge is 0.193 e. The second kappa shape index (κ2) is 16.5. The second-order valence-electron chi connectivity index (χ2n) is 17.3. The number of hydrogen-bond donors (Lipinski definition) is 2. The maximum atomic E-state index is 13.6. The Morgan fingerprint density at radius 3 is 1.05 bits per heavy atom. The van der Waals surface area contributed by atoms with E-state index in [9.17, 15) is 29.4 Å². The summed E-state index contributed by atoms with van der Waals surface area (Å²) in [6.07, 6.45) is 0. The lowest BCUT2D eigenvalue weighted by atomic mass is 9.86. The lowest BCUT2D eigenvalue weighted by Crippen LogP contribution is -2.45. The molecule has 0 aliphatic carbocycles. The highest BCUT2D eigenvalue weighted by atomic mass is 16.3. The first-order valence-electron chi connectivity index (χ1n) is 18.9. The molecule has 0 radical (unpaired) electrons. The number of carbonyl (C=O) groups excluding carboxylic acids is 4. The number of ketones is 4. The molecule has 4 rings (SSSR count). The Bertz CT molecular complexity index is 2050. The molecule has 56 heavy (non-hydrogen) atoms. The van der Waals surface area contributed by atoms with Crippen molar-refractivity contribution in [3.63, 3.8) is 0 Å². The van der Waals surface area contributed by atoms with Crippen LogP contribution in [0.3, 0.4) is 0 Å². The van der Waals surface area contributed by atoms with Gasteiger partial charge in [-0.3, -0.25) is 33.9 Å². The fourth-order valence-electron chi connectivity index (χ4n) is 6.59. The fourth-order valence-corrected chi connectivity index (χ4v) is 6.59. The predicted octanol–water partition coefficient (Wildman–Crippen LogP) is 7.45.